The summed E-state index contributed by atoms with van der Waals surface area (Å²) in [6, 6.07) is 8.29. The van der Waals surface area contributed by atoms with E-state index < -0.39 is 35.6 Å². The summed E-state index contributed by atoms with van der Waals surface area (Å²) in [5, 5.41) is 17.3. The lowest BCUT2D eigenvalue weighted by atomic mass is 10.0. The predicted molar refractivity (Wildman–Crippen MR) is 105 cm³/mol. The van der Waals surface area contributed by atoms with Gasteiger partial charge in [-0.05, 0) is 30.7 Å². The third kappa shape index (κ3) is 4.33. The summed E-state index contributed by atoms with van der Waals surface area (Å²) in [6.07, 6.45) is 3.07. The molecular formula is C21H19N3O7. The van der Waals surface area contributed by atoms with Gasteiger partial charge < -0.3 is 10.2 Å². The summed E-state index contributed by atoms with van der Waals surface area (Å²) in [6.45, 7) is -0.482. The molecule has 0 spiro atoms. The van der Waals surface area contributed by atoms with E-state index in [1.807, 2.05) is 0 Å². The van der Waals surface area contributed by atoms with Crippen molar-refractivity contribution in [2.45, 2.75) is 18.9 Å². The summed E-state index contributed by atoms with van der Waals surface area (Å²) >= 11 is 0. The zero-order chi connectivity index (χ0) is 22.5. The Bertz CT molecular complexity index is 1000. The lowest BCUT2D eigenvalue weighted by Gasteiger charge is -2.34. The van der Waals surface area contributed by atoms with Crippen molar-refractivity contribution in [2.24, 2.45) is 0 Å². The number of carbonyl (C=O) groups excluding carboxylic acids is 4. The minimum atomic E-state index is -0.989. The normalized spacial score (nSPS) is 17.9. The molecule has 0 bridgehead atoms. The maximum atomic E-state index is 12.4. The van der Waals surface area contributed by atoms with E-state index >= 15 is 0 Å². The highest BCUT2D eigenvalue weighted by atomic mass is 16.4. The molecule has 160 valence electrons. The number of pyridine rings is 1. The van der Waals surface area contributed by atoms with Gasteiger partial charge in [-0.25, -0.2) is 4.79 Å². The third-order valence-corrected chi connectivity index (χ3v) is 4.87. The van der Waals surface area contributed by atoms with Gasteiger partial charge in [-0.2, -0.15) is 0 Å². The molecule has 2 aliphatic rings. The van der Waals surface area contributed by atoms with Crippen LogP contribution in [0.4, 0.5) is 0 Å². The molecule has 4 rings (SSSR count). The van der Waals surface area contributed by atoms with Crippen LogP contribution in [0.25, 0.3) is 0 Å². The number of nitrogens with zero attached hydrogens (tertiary/aromatic N) is 3. The van der Waals surface area contributed by atoms with E-state index in [0.717, 1.165) is 9.80 Å². The molecule has 1 saturated heterocycles. The van der Waals surface area contributed by atoms with Crippen LogP contribution >= 0.6 is 0 Å². The number of imide groups is 2. The van der Waals surface area contributed by atoms with Gasteiger partial charge in [-0.1, -0.05) is 12.1 Å². The molecular weight excluding hydrogens is 406 g/mol. The first-order valence-electron chi connectivity index (χ1n) is 9.42. The number of piperidine rings is 1. The van der Waals surface area contributed by atoms with Crippen LogP contribution in [-0.2, 0) is 9.59 Å². The Morgan fingerprint density at radius 1 is 1.00 bits per heavy atom. The van der Waals surface area contributed by atoms with Gasteiger partial charge >= 0.3 is 5.97 Å². The first-order chi connectivity index (χ1) is 14.9. The number of carboxylic acid groups (broad SMARTS) is 1. The van der Waals surface area contributed by atoms with Crippen LogP contribution in [0.15, 0.2) is 48.8 Å². The van der Waals surface area contributed by atoms with Crippen molar-refractivity contribution in [1.29, 1.82) is 0 Å². The van der Waals surface area contributed by atoms with Crippen LogP contribution in [0.5, 0.6) is 0 Å². The first kappa shape index (κ1) is 21.8. The highest BCUT2D eigenvalue weighted by Crippen LogP contribution is 2.28. The largest absolute Gasteiger partial charge is 0.478 e. The fraction of sp³-hybridized carbons (Fsp3) is 0.238. The number of aliphatic hydroxyl groups excluding tert-OH is 1. The molecule has 2 aromatic rings. The van der Waals surface area contributed by atoms with Gasteiger partial charge in [0, 0.05) is 18.8 Å². The minimum absolute atomic E-state index is 0.0593. The van der Waals surface area contributed by atoms with Gasteiger partial charge in [0.2, 0.25) is 5.91 Å². The molecule has 0 radical (unpaired) electrons. The molecule has 3 heterocycles. The van der Waals surface area contributed by atoms with Gasteiger partial charge in [0.15, 0.2) is 0 Å². The van der Waals surface area contributed by atoms with Crippen molar-refractivity contribution in [3.05, 3.63) is 65.5 Å². The van der Waals surface area contributed by atoms with Crippen molar-refractivity contribution in [3.8, 4) is 0 Å². The number of aromatic nitrogens is 1. The highest BCUT2D eigenvalue weighted by molar-refractivity contribution is 6.23. The Morgan fingerprint density at radius 2 is 1.58 bits per heavy atom. The number of β-amino-alcohol motifs (C(OH)–C–C–N with tert-alkyl or cyclic N) is 1. The van der Waals surface area contributed by atoms with Crippen molar-refractivity contribution >= 4 is 29.6 Å². The van der Waals surface area contributed by atoms with Crippen LogP contribution < -0.4 is 0 Å². The fourth-order valence-corrected chi connectivity index (χ4v) is 3.38. The van der Waals surface area contributed by atoms with Gasteiger partial charge in [0.05, 0.1) is 29.8 Å². The Labute approximate surface area is 176 Å². The smallest absolute Gasteiger partial charge is 0.335 e. The highest BCUT2D eigenvalue weighted by Gasteiger charge is 2.46. The standard InChI is InChI=1S/C15H14N2O5.C6H5NO2/c18-8-7-16-12(19)6-5-11(15(16)22)17-13(20)9-3-1-2-4-10(9)14(17)21;8-6(9)5-1-3-7-4-2-5/h1-4,11,18H,5-8H2;1-4H,(H,8,9). The monoisotopic (exact) mass is 425 g/mol. The molecule has 0 aliphatic carbocycles. The van der Waals surface area contributed by atoms with Crippen LogP contribution in [0.2, 0.25) is 0 Å². The number of likely N-dealkylation sites (tertiary alicyclic amines) is 1. The molecule has 10 heteroatoms. The molecule has 1 unspecified atom stereocenters. The van der Waals surface area contributed by atoms with Crippen LogP contribution in [0, 0.1) is 0 Å². The molecule has 4 amide bonds. The Balaban J connectivity index is 0.000000254. The number of aliphatic hydroxyl groups is 1. The van der Waals surface area contributed by atoms with E-state index in [1.165, 1.54) is 24.5 Å². The summed E-state index contributed by atoms with van der Waals surface area (Å²) in [5.41, 5.74) is 0.807. The van der Waals surface area contributed by atoms with Gasteiger partial charge in [0.25, 0.3) is 17.7 Å². The number of hydrogen-bond donors (Lipinski definition) is 2. The van der Waals surface area contributed by atoms with Gasteiger partial charge in [-0.3, -0.25) is 34.0 Å². The number of amides is 4. The maximum Gasteiger partial charge on any atom is 0.335 e. The first-order valence-corrected chi connectivity index (χ1v) is 9.42. The molecule has 1 aromatic heterocycles. The number of benzene rings is 1. The molecule has 1 atom stereocenters. The maximum absolute atomic E-state index is 12.4. The lowest BCUT2D eigenvalue weighted by Crippen LogP contribution is -2.56. The van der Waals surface area contributed by atoms with Crippen molar-refractivity contribution in [3.63, 3.8) is 0 Å². The van der Waals surface area contributed by atoms with Crippen LogP contribution in [-0.4, -0.2) is 73.8 Å². The average Bonchev–Trinajstić information content (AvgIpc) is 3.03. The van der Waals surface area contributed by atoms with E-state index in [-0.39, 0.29) is 42.7 Å². The number of rotatable bonds is 4. The molecule has 2 aliphatic heterocycles. The van der Waals surface area contributed by atoms with E-state index in [9.17, 15) is 24.0 Å². The molecule has 31 heavy (non-hydrogen) atoms. The van der Waals surface area contributed by atoms with Crippen LogP contribution in [0.1, 0.15) is 43.9 Å². The molecule has 0 saturated carbocycles. The summed E-state index contributed by atoms with van der Waals surface area (Å²) in [5.74, 6) is -2.96. The minimum Gasteiger partial charge on any atom is -0.478 e. The fourth-order valence-electron chi connectivity index (χ4n) is 3.38. The quantitative estimate of drug-likeness (QED) is 0.677. The molecule has 1 aromatic carbocycles. The lowest BCUT2D eigenvalue weighted by molar-refractivity contribution is -0.152. The molecule has 1 fully saturated rings. The number of carboxylic acids is 1. The molecule has 10 nitrogen and oxygen atoms in total. The third-order valence-electron chi connectivity index (χ3n) is 4.87. The van der Waals surface area contributed by atoms with Crippen molar-refractivity contribution in [2.75, 3.05) is 13.2 Å². The summed E-state index contributed by atoms with van der Waals surface area (Å²) in [4.78, 5) is 64.6. The zero-order valence-corrected chi connectivity index (χ0v) is 16.3. The second kappa shape index (κ2) is 9.26. The SMILES string of the molecule is O=C(O)c1ccncc1.O=C1CCC(N2C(=O)c3ccccc3C2=O)C(=O)N1CCO. The Hall–Kier alpha value is -3.92. The van der Waals surface area contributed by atoms with Crippen LogP contribution in [0.3, 0.4) is 0 Å². The number of fused-ring (bicyclic) bond motifs is 1. The summed E-state index contributed by atoms with van der Waals surface area (Å²) in [7, 11) is 0. The zero-order valence-electron chi connectivity index (χ0n) is 16.3. The topological polar surface area (TPSA) is 145 Å². The number of hydrogen-bond acceptors (Lipinski definition) is 7. The van der Waals surface area contributed by atoms with E-state index in [4.69, 9.17) is 10.2 Å². The Kier molecular flexibility index (Phi) is 6.51. The van der Waals surface area contributed by atoms with E-state index in [0.29, 0.717) is 0 Å². The average molecular weight is 425 g/mol. The molecule has 2 N–H and O–H groups in total. The van der Waals surface area contributed by atoms with Crippen molar-refractivity contribution < 1.29 is 34.2 Å². The predicted octanol–water partition coefficient (Wildman–Crippen LogP) is 0.572. The summed E-state index contributed by atoms with van der Waals surface area (Å²) < 4.78 is 0. The van der Waals surface area contributed by atoms with Crippen molar-refractivity contribution in [1.82, 2.24) is 14.8 Å². The number of carbonyl (C=O) groups is 5. The van der Waals surface area contributed by atoms with Gasteiger partial charge in [0.1, 0.15) is 6.04 Å². The Morgan fingerprint density at radius 3 is 2.06 bits per heavy atom. The van der Waals surface area contributed by atoms with E-state index in [1.54, 1.807) is 24.3 Å². The number of aromatic carboxylic acids is 1. The van der Waals surface area contributed by atoms with E-state index in [2.05, 4.69) is 4.98 Å². The van der Waals surface area contributed by atoms with Gasteiger partial charge in [-0.15, -0.1) is 0 Å². The second-order valence-corrected chi connectivity index (χ2v) is 6.73. The second-order valence-electron chi connectivity index (χ2n) is 6.73.